The van der Waals surface area contributed by atoms with Gasteiger partial charge in [-0.2, -0.15) is 0 Å². The van der Waals surface area contributed by atoms with Crippen molar-refractivity contribution in [2.45, 2.75) is 11.3 Å². The number of ether oxygens (including phenoxy) is 1. The summed E-state index contributed by atoms with van der Waals surface area (Å²) in [5, 5.41) is 0. The summed E-state index contributed by atoms with van der Waals surface area (Å²) < 4.78 is 44.1. The second kappa shape index (κ2) is 6.97. The molecule has 0 aromatic heterocycles. The zero-order valence-corrected chi connectivity index (χ0v) is 12.2. The summed E-state index contributed by atoms with van der Waals surface area (Å²) in [6, 6.07) is 4.52. The molecule has 0 aliphatic carbocycles. The molecule has 0 spiro atoms. The number of benzene rings is 1. The van der Waals surface area contributed by atoms with E-state index in [4.69, 9.17) is 4.74 Å². The summed E-state index contributed by atoms with van der Waals surface area (Å²) >= 11 is 0. The van der Waals surface area contributed by atoms with Gasteiger partial charge in [0.05, 0.1) is 18.1 Å². The average Bonchev–Trinajstić information content (AvgIpc) is 2.48. The van der Waals surface area contributed by atoms with E-state index in [1.54, 1.807) is 4.90 Å². The van der Waals surface area contributed by atoms with Crippen LogP contribution in [-0.2, 0) is 19.6 Å². The van der Waals surface area contributed by atoms with Crippen LogP contribution in [0.2, 0.25) is 0 Å². The highest BCUT2D eigenvalue weighted by molar-refractivity contribution is 7.89. The van der Waals surface area contributed by atoms with Gasteiger partial charge in [0.15, 0.2) is 0 Å². The number of rotatable bonds is 5. The number of morpholine rings is 1. The van der Waals surface area contributed by atoms with Gasteiger partial charge in [-0.15, -0.1) is 0 Å². The minimum atomic E-state index is -3.72. The number of hydrogen-bond donors (Lipinski definition) is 1. The Hall–Kier alpha value is -1.51. The highest BCUT2D eigenvalue weighted by Gasteiger charge is 2.18. The predicted molar refractivity (Wildman–Crippen MR) is 73.6 cm³/mol. The van der Waals surface area contributed by atoms with E-state index >= 15 is 0 Å². The maximum absolute atomic E-state index is 12.8. The number of sulfonamides is 1. The molecule has 1 aliphatic heterocycles. The lowest BCUT2D eigenvalue weighted by Crippen LogP contribution is -2.42. The van der Waals surface area contributed by atoms with E-state index in [0.717, 1.165) is 12.1 Å². The van der Waals surface area contributed by atoms with Crippen LogP contribution >= 0.6 is 0 Å². The summed E-state index contributed by atoms with van der Waals surface area (Å²) in [6.45, 7) is 2.09. The summed E-state index contributed by atoms with van der Waals surface area (Å²) in [5.41, 5.74) is 0. The highest BCUT2D eigenvalue weighted by Crippen LogP contribution is 2.09. The van der Waals surface area contributed by atoms with Crippen LogP contribution in [0.3, 0.4) is 0 Å². The van der Waals surface area contributed by atoms with Crippen molar-refractivity contribution < 1.29 is 22.3 Å². The van der Waals surface area contributed by atoms with Crippen LogP contribution in [0, 0.1) is 5.82 Å². The minimum Gasteiger partial charge on any atom is -0.378 e. The fraction of sp³-hybridized carbons (Fsp3) is 0.462. The third-order valence-electron chi connectivity index (χ3n) is 3.12. The molecule has 1 saturated heterocycles. The van der Waals surface area contributed by atoms with E-state index in [1.165, 1.54) is 12.1 Å². The number of nitrogens with zero attached hydrogens (tertiary/aromatic N) is 1. The van der Waals surface area contributed by atoms with Crippen LogP contribution in [-0.4, -0.2) is 52.1 Å². The van der Waals surface area contributed by atoms with Gasteiger partial charge in [-0.3, -0.25) is 4.79 Å². The molecular formula is C13H17FN2O4S. The van der Waals surface area contributed by atoms with Gasteiger partial charge in [0.2, 0.25) is 15.9 Å². The van der Waals surface area contributed by atoms with E-state index < -0.39 is 15.8 Å². The Balaban J connectivity index is 1.84. The van der Waals surface area contributed by atoms with Crippen molar-refractivity contribution in [1.82, 2.24) is 9.62 Å². The average molecular weight is 316 g/mol. The van der Waals surface area contributed by atoms with Crippen molar-refractivity contribution in [3.05, 3.63) is 30.1 Å². The van der Waals surface area contributed by atoms with Crippen LogP contribution < -0.4 is 4.72 Å². The number of halogens is 1. The summed E-state index contributed by atoms with van der Waals surface area (Å²) in [6.07, 6.45) is 0.0838. The first-order valence-corrected chi connectivity index (χ1v) is 8.08. The highest BCUT2D eigenvalue weighted by atomic mass is 32.2. The summed E-state index contributed by atoms with van der Waals surface area (Å²) in [5.74, 6) is -0.614. The molecule has 0 bridgehead atoms. The number of nitrogens with one attached hydrogen (secondary N) is 1. The lowest BCUT2D eigenvalue weighted by atomic mass is 10.3. The SMILES string of the molecule is O=C(CCNS(=O)(=O)c1ccc(F)cc1)N1CCOCC1. The summed E-state index contributed by atoms with van der Waals surface area (Å²) in [4.78, 5) is 13.5. The van der Waals surface area contributed by atoms with E-state index in [2.05, 4.69) is 4.72 Å². The molecule has 1 fully saturated rings. The van der Waals surface area contributed by atoms with E-state index in [1.807, 2.05) is 0 Å². The molecule has 1 N–H and O–H groups in total. The minimum absolute atomic E-state index is 0.00982. The smallest absolute Gasteiger partial charge is 0.240 e. The molecular weight excluding hydrogens is 299 g/mol. The lowest BCUT2D eigenvalue weighted by Gasteiger charge is -2.26. The fourth-order valence-electron chi connectivity index (χ4n) is 1.96. The zero-order valence-electron chi connectivity index (χ0n) is 11.4. The van der Waals surface area contributed by atoms with Crippen molar-refractivity contribution in [1.29, 1.82) is 0 Å². The molecule has 6 nitrogen and oxygen atoms in total. The monoisotopic (exact) mass is 316 g/mol. The van der Waals surface area contributed by atoms with Crippen LogP contribution in [0.5, 0.6) is 0 Å². The molecule has 1 heterocycles. The van der Waals surface area contributed by atoms with E-state index in [9.17, 15) is 17.6 Å². The van der Waals surface area contributed by atoms with Gasteiger partial charge in [-0.05, 0) is 24.3 Å². The zero-order chi connectivity index (χ0) is 15.3. The Labute approximate surface area is 122 Å². The van der Waals surface area contributed by atoms with E-state index in [0.29, 0.717) is 26.3 Å². The van der Waals surface area contributed by atoms with Gasteiger partial charge in [0.25, 0.3) is 0 Å². The molecule has 8 heteroatoms. The standard InChI is InChI=1S/C13H17FN2O4S/c14-11-1-3-12(4-2-11)21(18,19)15-6-5-13(17)16-7-9-20-10-8-16/h1-4,15H,5-10H2. The quantitative estimate of drug-likeness (QED) is 0.851. The molecule has 0 atom stereocenters. The molecule has 1 amide bonds. The van der Waals surface area contributed by atoms with Gasteiger partial charge in [-0.1, -0.05) is 0 Å². The van der Waals surface area contributed by atoms with Crippen molar-refractivity contribution in [2.75, 3.05) is 32.8 Å². The first-order chi connectivity index (χ1) is 9.99. The Kier molecular flexibility index (Phi) is 5.27. The maximum atomic E-state index is 12.8. The lowest BCUT2D eigenvalue weighted by molar-refractivity contribution is -0.135. The Bertz CT molecular complexity index is 583. The Morgan fingerprint density at radius 3 is 2.48 bits per heavy atom. The second-order valence-corrected chi connectivity index (χ2v) is 6.36. The van der Waals surface area contributed by atoms with Crippen LogP contribution in [0.25, 0.3) is 0 Å². The number of amides is 1. The van der Waals surface area contributed by atoms with Crippen molar-refractivity contribution in [3.8, 4) is 0 Å². The first kappa shape index (κ1) is 15.9. The molecule has 1 aliphatic rings. The van der Waals surface area contributed by atoms with E-state index in [-0.39, 0.29) is 23.8 Å². The topological polar surface area (TPSA) is 75.7 Å². The molecule has 2 rings (SSSR count). The number of carbonyl (C=O) groups excluding carboxylic acids is 1. The van der Waals surface area contributed by atoms with Gasteiger partial charge in [0, 0.05) is 26.1 Å². The van der Waals surface area contributed by atoms with Gasteiger partial charge < -0.3 is 9.64 Å². The molecule has 0 saturated carbocycles. The number of hydrogen-bond acceptors (Lipinski definition) is 4. The van der Waals surface area contributed by atoms with Crippen LogP contribution in [0.4, 0.5) is 4.39 Å². The normalized spacial score (nSPS) is 16.0. The van der Waals surface area contributed by atoms with Crippen molar-refractivity contribution in [3.63, 3.8) is 0 Å². The van der Waals surface area contributed by atoms with Gasteiger partial charge in [0.1, 0.15) is 5.82 Å². The predicted octanol–water partition coefficient (Wildman–Crippen LogP) is 0.353. The van der Waals surface area contributed by atoms with Gasteiger partial charge >= 0.3 is 0 Å². The van der Waals surface area contributed by atoms with Crippen molar-refractivity contribution >= 4 is 15.9 Å². The molecule has 21 heavy (non-hydrogen) atoms. The maximum Gasteiger partial charge on any atom is 0.240 e. The molecule has 1 aromatic rings. The second-order valence-electron chi connectivity index (χ2n) is 4.59. The molecule has 116 valence electrons. The third-order valence-corrected chi connectivity index (χ3v) is 4.60. The Morgan fingerprint density at radius 2 is 1.86 bits per heavy atom. The molecule has 0 unspecified atom stereocenters. The van der Waals surface area contributed by atoms with Crippen LogP contribution in [0.15, 0.2) is 29.2 Å². The largest absolute Gasteiger partial charge is 0.378 e. The molecule has 0 radical (unpaired) electrons. The molecule has 1 aromatic carbocycles. The fourth-order valence-corrected chi connectivity index (χ4v) is 2.99. The van der Waals surface area contributed by atoms with Crippen molar-refractivity contribution in [2.24, 2.45) is 0 Å². The third kappa shape index (κ3) is 4.48. The Morgan fingerprint density at radius 1 is 1.24 bits per heavy atom. The first-order valence-electron chi connectivity index (χ1n) is 6.60. The number of carbonyl (C=O) groups is 1. The van der Waals surface area contributed by atoms with Gasteiger partial charge in [-0.25, -0.2) is 17.5 Å². The summed E-state index contributed by atoms with van der Waals surface area (Å²) in [7, 11) is -3.72. The van der Waals surface area contributed by atoms with Crippen LogP contribution in [0.1, 0.15) is 6.42 Å².